The number of carbonyl (C=O) groups is 3. The predicted molar refractivity (Wildman–Crippen MR) is 76.6 cm³/mol. The Bertz CT molecular complexity index is 380. The van der Waals surface area contributed by atoms with Crippen molar-refractivity contribution in [2.24, 2.45) is 11.7 Å². The number of nitrogens with one attached hydrogen (secondary N) is 2. The highest BCUT2D eigenvalue weighted by molar-refractivity contribution is 5.83. The van der Waals surface area contributed by atoms with Gasteiger partial charge in [0.05, 0.1) is 0 Å². The molecule has 1 rings (SSSR count). The molecule has 5 N–H and O–H groups in total. The average Bonchev–Trinajstić information content (AvgIpc) is 2.42. The highest BCUT2D eigenvalue weighted by Crippen LogP contribution is 2.14. The lowest BCUT2D eigenvalue weighted by Gasteiger charge is -2.29. The standard InChI is InChI=1S/C13H24N4O4/c1-17-6-4-9(5-7-17)8-15-13(21)16-10(12(19)20)2-3-11(14)18/h9-10H,2-8H2,1H3,(H2,14,18)(H,19,20)(H2,15,16,21)/t10-/m1/s1. The Kier molecular flexibility index (Phi) is 6.93. The zero-order valence-corrected chi connectivity index (χ0v) is 12.3. The van der Waals surface area contributed by atoms with Gasteiger partial charge in [0.1, 0.15) is 6.04 Å². The number of hydrogen-bond donors (Lipinski definition) is 4. The molecule has 0 aliphatic carbocycles. The third kappa shape index (κ3) is 6.94. The largest absolute Gasteiger partial charge is 0.480 e. The molecule has 0 aromatic carbocycles. The quantitative estimate of drug-likeness (QED) is 0.497. The van der Waals surface area contributed by atoms with Crippen LogP contribution in [0.5, 0.6) is 0 Å². The molecule has 3 amide bonds. The molecular formula is C13H24N4O4. The van der Waals surface area contributed by atoms with E-state index in [1.807, 2.05) is 0 Å². The van der Waals surface area contributed by atoms with Gasteiger partial charge >= 0.3 is 12.0 Å². The number of carbonyl (C=O) groups excluding carboxylic acids is 2. The van der Waals surface area contributed by atoms with Gasteiger partial charge in [-0.25, -0.2) is 9.59 Å². The van der Waals surface area contributed by atoms with Gasteiger partial charge in [-0.3, -0.25) is 4.79 Å². The number of likely N-dealkylation sites (tertiary alicyclic amines) is 1. The van der Waals surface area contributed by atoms with Crippen LogP contribution >= 0.6 is 0 Å². The molecule has 1 saturated heterocycles. The molecule has 0 aromatic rings. The molecule has 0 spiro atoms. The number of rotatable bonds is 7. The number of amides is 3. The molecule has 8 heteroatoms. The number of aliphatic carboxylic acids is 1. The zero-order valence-electron chi connectivity index (χ0n) is 12.3. The van der Waals surface area contributed by atoms with Crippen LogP contribution in [0, 0.1) is 5.92 Å². The maximum absolute atomic E-state index is 11.7. The topological polar surface area (TPSA) is 125 Å². The Balaban J connectivity index is 2.29. The minimum absolute atomic E-state index is 0.00763. The summed E-state index contributed by atoms with van der Waals surface area (Å²) >= 11 is 0. The SMILES string of the molecule is CN1CCC(CNC(=O)N[C@H](CCC(N)=O)C(=O)O)CC1. The van der Waals surface area contributed by atoms with Crippen molar-refractivity contribution < 1.29 is 19.5 Å². The van der Waals surface area contributed by atoms with Gasteiger partial charge in [0.15, 0.2) is 0 Å². The average molecular weight is 300 g/mol. The smallest absolute Gasteiger partial charge is 0.326 e. The number of hydrogen-bond acceptors (Lipinski definition) is 4. The van der Waals surface area contributed by atoms with Crippen molar-refractivity contribution in [3.63, 3.8) is 0 Å². The Hall–Kier alpha value is -1.83. The summed E-state index contributed by atoms with van der Waals surface area (Å²) in [6.45, 7) is 2.54. The van der Waals surface area contributed by atoms with Crippen LogP contribution in [0.2, 0.25) is 0 Å². The number of nitrogens with two attached hydrogens (primary N) is 1. The van der Waals surface area contributed by atoms with E-state index >= 15 is 0 Å². The van der Waals surface area contributed by atoms with Crippen LogP contribution < -0.4 is 16.4 Å². The van der Waals surface area contributed by atoms with E-state index in [0.717, 1.165) is 25.9 Å². The molecule has 120 valence electrons. The minimum Gasteiger partial charge on any atom is -0.480 e. The predicted octanol–water partition coefficient (Wildman–Crippen LogP) is -0.654. The maximum atomic E-state index is 11.7. The summed E-state index contributed by atoms with van der Waals surface area (Å²) in [5.74, 6) is -1.35. The molecular weight excluding hydrogens is 276 g/mol. The van der Waals surface area contributed by atoms with Crippen molar-refractivity contribution in [3.05, 3.63) is 0 Å². The number of urea groups is 1. The maximum Gasteiger partial charge on any atom is 0.326 e. The van der Waals surface area contributed by atoms with Crippen molar-refractivity contribution >= 4 is 17.9 Å². The summed E-state index contributed by atoms with van der Waals surface area (Å²) < 4.78 is 0. The summed E-state index contributed by atoms with van der Waals surface area (Å²) in [7, 11) is 2.06. The first kappa shape index (κ1) is 17.2. The second-order valence-corrected chi connectivity index (χ2v) is 5.50. The highest BCUT2D eigenvalue weighted by atomic mass is 16.4. The van der Waals surface area contributed by atoms with E-state index < -0.39 is 23.9 Å². The number of carboxylic acid groups (broad SMARTS) is 1. The van der Waals surface area contributed by atoms with Gasteiger partial charge in [-0.15, -0.1) is 0 Å². The van der Waals surface area contributed by atoms with Crippen LogP contribution in [0.1, 0.15) is 25.7 Å². The molecule has 1 fully saturated rings. The van der Waals surface area contributed by atoms with E-state index in [9.17, 15) is 14.4 Å². The first-order chi connectivity index (χ1) is 9.88. The molecule has 0 aromatic heterocycles. The van der Waals surface area contributed by atoms with Gasteiger partial charge in [0.25, 0.3) is 0 Å². The first-order valence-electron chi connectivity index (χ1n) is 7.12. The molecule has 0 unspecified atom stereocenters. The summed E-state index contributed by atoms with van der Waals surface area (Å²) in [4.78, 5) is 35.6. The fourth-order valence-electron chi connectivity index (χ4n) is 2.26. The Labute approximate surface area is 124 Å². The van der Waals surface area contributed by atoms with Gasteiger partial charge in [0, 0.05) is 13.0 Å². The molecule has 21 heavy (non-hydrogen) atoms. The van der Waals surface area contributed by atoms with E-state index in [4.69, 9.17) is 10.8 Å². The summed E-state index contributed by atoms with van der Waals surface area (Å²) in [5, 5.41) is 14.0. The van der Waals surface area contributed by atoms with E-state index in [0.29, 0.717) is 12.5 Å². The van der Waals surface area contributed by atoms with Gasteiger partial charge in [-0.1, -0.05) is 0 Å². The van der Waals surface area contributed by atoms with Gasteiger partial charge in [-0.05, 0) is 45.3 Å². The summed E-state index contributed by atoms with van der Waals surface area (Å²) in [5.41, 5.74) is 4.97. The molecule has 0 saturated carbocycles. The second kappa shape index (κ2) is 8.46. The zero-order chi connectivity index (χ0) is 15.8. The number of carboxylic acids is 1. The molecule has 0 bridgehead atoms. The minimum atomic E-state index is -1.18. The third-order valence-electron chi connectivity index (χ3n) is 3.67. The lowest BCUT2D eigenvalue weighted by molar-refractivity contribution is -0.139. The molecule has 8 nitrogen and oxygen atoms in total. The molecule has 1 heterocycles. The number of primary amides is 1. The van der Waals surface area contributed by atoms with Crippen molar-refractivity contribution in [2.75, 3.05) is 26.7 Å². The Morgan fingerprint density at radius 1 is 1.33 bits per heavy atom. The van der Waals surface area contributed by atoms with E-state index in [-0.39, 0.29) is 12.8 Å². The lowest BCUT2D eigenvalue weighted by atomic mass is 9.97. The fourth-order valence-corrected chi connectivity index (χ4v) is 2.26. The first-order valence-corrected chi connectivity index (χ1v) is 7.12. The van der Waals surface area contributed by atoms with E-state index in [1.54, 1.807) is 0 Å². The molecule has 1 aliphatic heterocycles. The fraction of sp³-hybridized carbons (Fsp3) is 0.769. The molecule has 1 atom stereocenters. The number of nitrogens with zero attached hydrogens (tertiary/aromatic N) is 1. The van der Waals surface area contributed by atoms with Crippen LogP contribution in [-0.2, 0) is 9.59 Å². The van der Waals surface area contributed by atoms with Crippen LogP contribution in [0.4, 0.5) is 4.79 Å². The van der Waals surface area contributed by atoms with Crippen LogP contribution in [0.3, 0.4) is 0 Å². The highest BCUT2D eigenvalue weighted by Gasteiger charge is 2.21. The lowest BCUT2D eigenvalue weighted by Crippen LogP contribution is -2.48. The van der Waals surface area contributed by atoms with Crippen molar-refractivity contribution in [2.45, 2.75) is 31.7 Å². The second-order valence-electron chi connectivity index (χ2n) is 5.50. The number of piperidine rings is 1. The van der Waals surface area contributed by atoms with Crippen molar-refractivity contribution in [3.8, 4) is 0 Å². The third-order valence-corrected chi connectivity index (χ3v) is 3.67. The van der Waals surface area contributed by atoms with Crippen LogP contribution in [0.15, 0.2) is 0 Å². The molecule has 0 radical (unpaired) electrons. The summed E-state index contributed by atoms with van der Waals surface area (Å²) in [6, 6.07) is -1.62. The Morgan fingerprint density at radius 2 is 1.95 bits per heavy atom. The van der Waals surface area contributed by atoms with E-state index in [1.165, 1.54) is 0 Å². The Morgan fingerprint density at radius 3 is 2.48 bits per heavy atom. The van der Waals surface area contributed by atoms with Crippen LogP contribution in [0.25, 0.3) is 0 Å². The van der Waals surface area contributed by atoms with Crippen LogP contribution in [-0.4, -0.2) is 60.6 Å². The van der Waals surface area contributed by atoms with Crippen molar-refractivity contribution in [1.29, 1.82) is 0 Å². The monoisotopic (exact) mass is 300 g/mol. The molecule has 1 aliphatic rings. The van der Waals surface area contributed by atoms with Gasteiger partial charge in [-0.2, -0.15) is 0 Å². The normalized spacial score (nSPS) is 18.0. The van der Waals surface area contributed by atoms with Gasteiger partial charge in [0.2, 0.25) is 5.91 Å². The summed E-state index contributed by atoms with van der Waals surface area (Å²) in [6.07, 6.45) is 1.94. The van der Waals surface area contributed by atoms with Crippen molar-refractivity contribution in [1.82, 2.24) is 15.5 Å². The van der Waals surface area contributed by atoms with E-state index in [2.05, 4.69) is 22.6 Å². The van der Waals surface area contributed by atoms with Gasteiger partial charge < -0.3 is 26.4 Å².